The van der Waals surface area contributed by atoms with Crippen LogP contribution in [0.1, 0.15) is 59.3 Å². The van der Waals surface area contributed by atoms with Gasteiger partial charge in [-0.3, -0.25) is 4.79 Å². The van der Waals surface area contributed by atoms with Crippen LogP contribution in [0, 0.1) is 5.92 Å². The number of methoxy groups -OCH3 is 1. The lowest BCUT2D eigenvalue weighted by atomic mass is 9.95. The molecule has 4 nitrogen and oxygen atoms in total. The summed E-state index contributed by atoms with van der Waals surface area (Å²) in [7, 11) is 1.76. The fraction of sp³-hybridized carbons (Fsp3) is 0.933. The van der Waals surface area contributed by atoms with Gasteiger partial charge in [0.15, 0.2) is 0 Å². The first kappa shape index (κ1) is 18.4. The van der Waals surface area contributed by atoms with E-state index in [1.54, 1.807) is 14.0 Å². The molecule has 0 aromatic heterocycles. The summed E-state index contributed by atoms with van der Waals surface area (Å²) >= 11 is 0. The number of rotatable bonds is 11. The van der Waals surface area contributed by atoms with Gasteiger partial charge in [-0.15, -0.1) is 0 Å². The third kappa shape index (κ3) is 9.00. The SMILES string of the molecule is CCOC(=O)C[C@H](O)CCCC[C@H](C)[C@@H](CC)OC. The van der Waals surface area contributed by atoms with Crippen LogP contribution in [-0.2, 0) is 14.3 Å². The third-order valence-corrected chi connectivity index (χ3v) is 3.49. The van der Waals surface area contributed by atoms with Crippen LogP contribution in [0.15, 0.2) is 0 Å². The Morgan fingerprint density at radius 1 is 1.21 bits per heavy atom. The molecule has 0 aliphatic carbocycles. The lowest BCUT2D eigenvalue weighted by molar-refractivity contribution is -0.145. The van der Waals surface area contributed by atoms with Crippen molar-refractivity contribution in [2.75, 3.05) is 13.7 Å². The zero-order valence-corrected chi connectivity index (χ0v) is 12.9. The summed E-state index contributed by atoms with van der Waals surface area (Å²) in [5.74, 6) is 0.228. The van der Waals surface area contributed by atoms with Crippen LogP contribution in [0.2, 0.25) is 0 Å². The number of aliphatic hydroxyl groups excluding tert-OH is 1. The second kappa shape index (κ2) is 11.2. The van der Waals surface area contributed by atoms with Gasteiger partial charge in [0.1, 0.15) is 0 Å². The summed E-state index contributed by atoms with van der Waals surface area (Å²) in [5, 5.41) is 9.69. The lowest BCUT2D eigenvalue weighted by Crippen LogP contribution is -2.19. The van der Waals surface area contributed by atoms with Crippen LogP contribution in [0.3, 0.4) is 0 Å². The number of hydrogen-bond acceptors (Lipinski definition) is 4. The van der Waals surface area contributed by atoms with Gasteiger partial charge in [-0.25, -0.2) is 0 Å². The lowest BCUT2D eigenvalue weighted by Gasteiger charge is -2.21. The van der Waals surface area contributed by atoms with E-state index in [-0.39, 0.29) is 12.4 Å². The van der Waals surface area contributed by atoms with E-state index in [0.717, 1.165) is 25.7 Å². The Bertz CT molecular complexity index is 226. The molecule has 0 aromatic rings. The zero-order chi connectivity index (χ0) is 14.7. The van der Waals surface area contributed by atoms with Gasteiger partial charge in [-0.1, -0.05) is 26.7 Å². The van der Waals surface area contributed by atoms with Crippen LogP contribution in [0.25, 0.3) is 0 Å². The highest BCUT2D eigenvalue weighted by Crippen LogP contribution is 2.18. The number of hydrogen-bond donors (Lipinski definition) is 1. The van der Waals surface area contributed by atoms with Crippen molar-refractivity contribution < 1.29 is 19.4 Å². The Morgan fingerprint density at radius 2 is 1.84 bits per heavy atom. The standard InChI is InChI=1S/C15H30O4/c1-5-14(18-4)12(3)9-7-8-10-13(16)11-15(17)19-6-2/h12-14,16H,5-11H2,1-4H3/t12-,13+,14+/m0/s1. The second-order valence-corrected chi connectivity index (χ2v) is 5.11. The molecular formula is C15H30O4. The summed E-state index contributed by atoms with van der Waals surface area (Å²) < 4.78 is 10.2. The van der Waals surface area contributed by atoms with Crippen molar-refractivity contribution in [2.24, 2.45) is 5.92 Å². The van der Waals surface area contributed by atoms with Crippen molar-refractivity contribution in [1.29, 1.82) is 0 Å². The molecule has 0 aromatic carbocycles. The minimum atomic E-state index is -0.571. The molecular weight excluding hydrogens is 244 g/mol. The van der Waals surface area contributed by atoms with E-state index in [1.807, 2.05) is 0 Å². The Kier molecular flexibility index (Phi) is 10.9. The second-order valence-electron chi connectivity index (χ2n) is 5.11. The van der Waals surface area contributed by atoms with E-state index >= 15 is 0 Å². The van der Waals surface area contributed by atoms with E-state index in [4.69, 9.17) is 9.47 Å². The summed E-state index contributed by atoms with van der Waals surface area (Å²) in [5.41, 5.74) is 0. The molecule has 0 unspecified atom stereocenters. The van der Waals surface area contributed by atoms with E-state index in [1.165, 1.54) is 0 Å². The largest absolute Gasteiger partial charge is 0.466 e. The van der Waals surface area contributed by atoms with Gasteiger partial charge in [-0.05, 0) is 32.1 Å². The van der Waals surface area contributed by atoms with Crippen molar-refractivity contribution in [2.45, 2.75) is 71.5 Å². The molecule has 0 bridgehead atoms. The van der Waals surface area contributed by atoms with Crippen molar-refractivity contribution in [3.8, 4) is 0 Å². The third-order valence-electron chi connectivity index (χ3n) is 3.49. The predicted octanol–water partition coefficient (Wildman–Crippen LogP) is 2.92. The van der Waals surface area contributed by atoms with Gasteiger partial charge in [-0.2, -0.15) is 0 Å². The van der Waals surface area contributed by atoms with Crippen molar-refractivity contribution in [3.63, 3.8) is 0 Å². The molecule has 3 atom stereocenters. The molecule has 114 valence electrons. The van der Waals surface area contributed by atoms with Crippen LogP contribution in [0.5, 0.6) is 0 Å². The molecule has 0 aliphatic heterocycles. The van der Waals surface area contributed by atoms with Gasteiger partial charge in [0.05, 0.1) is 25.2 Å². The summed E-state index contributed by atoms with van der Waals surface area (Å²) in [4.78, 5) is 11.2. The predicted molar refractivity (Wildman–Crippen MR) is 76.0 cm³/mol. The Balaban J connectivity index is 3.65. The van der Waals surface area contributed by atoms with E-state index in [9.17, 15) is 9.90 Å². The molecule has 0 spiro atoms. The Hall–Kier alpha value is -0.610. The minimum Gasteiger partial charge on any atom is -0.466 e. The van der Waals surface area contributed by atoms with E-state index in [2.05, 4.69) is 13.8 Å². The highest BCUT2D eigenvalue weighted by atomic mass is 16.5. The average molecular weight is 274 g/mol. The number of esters is 1. The van der Waals surface area contributed by atoms with Crippen LogP contribution >= 0.6 is 0 Å². The van der Waals surface area contributed by atoms with Gasteiger partial charge in [0, 0.05) is 7.11 Å². The van der Waals surface area contributed by atoms with Crippen molar-refractivity contribution >= 4 is 5.97 Å². The van der Waals surface area contributed by atoms with Crippen LogP contribution < -0.4 is 0 Å². The molecule has 0 saturated carbocycles. The molecule has 0 radical (unpaired) electrons. The molecule has 0 saturated heterocycles. The molecule has 0 heterocycles. The topological polar surface area (TPSA) is 55.8 Å². The fourth-order valence-electron chi connectivity index (χ4n) is 2.35. The van der Waals surface area contributed by atoms with E-state index in [0.29, 0.717) is 25.0 Å². The maximum Gasteiger partial charge on any atom is 0.308 e. The first-order valence-electron chi connectivity index (χ1n) is 7.41. The van der Waals surface area contributed by atoms with Crippen LogP contribution in [-0.4, -0.2) is 37.0 Å². The number of ether oxygens (including phenoxy) is 2. The average Bonchev–Trinajstić information content (AvgIpc) is 2.36. The van der Waals surface area contributed by atoms with Gasteiger partial charge >= 0.3 is 5.97 Å². The molecule has 1 N–H and O–H groups in total. The summed E-state index contributed by atoms with van der Waals surface area (Å²) in [6, 6.07) is 0. The monoisotopic (exact) mass is 274 g/mol. The molecule has 0 amide bonds. The molecule has 4 heteroatoms. The highest BCUT2D eigenvalue weighted by Gasteiger charge is 2.15. The minimum absolute atomic E-state index is 0.110. The summed E-state index contributed by atoms with van der Waals surface area (Å²) in [6.45, 7) is 6.48. The Labute approximate surface area is 117 Å². The maximum absolute atomic E-state index is 11.2. The smallest absolute Gasteiger partial charge is 0.308 e. The van der Waals surface area contributed by atoms with Gasteiger partial charge < -0.3 is 14.6 Å². The van der Waals surface area contributed by atoms with Gasteiger partial charge in [0.25, 0.3) is 0 Å². The molecule has 0 fully saturated rings. The fourth-order valence-corrected chi connectivity index (χ4v) is 2.35. The first-order chi connectivity index (χ1) is 9.04. The zero-order valence-electron chi connectivity index (χ0n) is 12.9. The molecule has 19 heavy (non-hydrogen) atoms. The maximum atomic E-state index is 11.2. The Morgan fingerprint density at radius 3 is 2.37 bits per heavy atom. The highest BCUT2D eigenvalue weighted by molar-refractivity contribution is 5.69. The summed E-state index contributed by atoms with van der Waals surface area (Å²) in [6.07, 6.45) is 4.64. The van der Waals surface area contributed by atoms with Crippen LogP contribution in [0.4, 0.5) is 0 Å². The number of aliphatic hydroxyl groups is 1. The van der Waals surface area contributed by atoms with Gasteiger partial charge in [0.2, 0.25) is 0 Å². The van der Waals surface area contributed by atoms with Crippen molar-refractivity contribution in [3.05, 3.63) is 0 Å². The quantitative estimate of drug-likeness (QED) is 0.465. The first-order valence-corrected chi connectivity index (χ1v) is 7.41. The van der Waals surface area contributed by atoms with E-state index < -0.39 is 6.10 Å². The normalized spacial score (nSPS) is 15.8. The molecule has 0 aliphatic rings. The number of carbonyl (C=O) groups excluding carboxylic acids is 1. The number of unbranched alkanes of at least 4 members (excludes halogenated alkanes) is 1. The number of carbonyl (C=O) groups is 1. The van der Waals surface area contributed by atoms with Crippen molar-refractivity contribution in [1.82, 2.24) is 0 Å². The molecule has 0 rings (SSSR count).